The Morgan fingerprint density at radius 3 is 2.80 bits per heavy atom. The zero-order valence-electron chi connectivity index (χ0n) is 17.2. The van der Waals surface area contributed by atoms with Gasteiger partial charge >= 0.3 is 0 Å². The highest BCUT2D eigenvalue weighted by Crippen LogP contribution is 2.36. The van der Waals surface area contributed by atoms with Crippen LogP contribution in [0.5, 0.6) is 11.5 Å². The van der Waals surface area contributed by atoms with E-state index in [4.69, 9.17) is 9.47 Å². The summed E-state index contributed by atoms with van der Waals surface area (Å²) < 4.78 is 14.0. The predicted octanol–water partition coefficient (Wildman–Crippen LogP) is 4.49. The largest absolute Gasteiger partial charge is 0.493 e. The van der Waals surface area contributed by atoms with Crippen LogP contribution >= 0.6 is 27.7 Å². The Labute approximate surface area is 189 Å². The number of halogens is 1. The van der Waals surface area contributed by atoms with Gasteiger partial charge in [-0.3, -0.25) is 0 Å². The van der Waals surface area contributed by atoms with Crippen molar-refractivity contribution in [2.24, 2.45) is 0 Å². The first kappa shape index (κ1) is 22.6. The molecule has 0 radical (unpaired) electrons. The highest BCUT2D eigenvalue weighted by atomic mass is 79.9. The van der Waals surface area contributed by atoms with Gasteiger partial charge in [-0.15, -0.1) is 5.10 Å². The smallest absolute Gasteiger partial charge is 0.214 e. The molecule has 3 aromatic rings. The summed E-state index contributed by atoms with van der Waals surface area (Å²) in [5, 5.41) is 16.3. The summed E-state index contributed by atoms with van der Waals surface area (Å²) in [7, 11) is 1.66. The SMILES string of the molecule is CCCOc1c(Br)cc(CNCCCSc2nnnn2-c2ccccc2)cc1OC. The monoisotopic (exact) mass is 491 g/mol. The van der Waals surface area contributed by atoms with Crippen LogP contribution < -0.4 is 14.8 Å². The number of hydrogen-bond acceptors (Lipinski definition) is 7. The zero-order chi connectivity index (χ0) is 21.2. The van der Waals surface area contributed by atoms with Crippen LogP contribution in [0.2, 0.25) is 0 Å². The van der Waals surface area contributed by atoms with Gasteiger partial charge in [0.25, 0.3) is 0 Å². The fourth-order valence-electron chi connectivity index (χ4n) is 2.81. The van der Waals surface area contributed by atoms with Crippen LogP contribution in [0.1, 0.15) is 25.3 Å². The molecule has 30 heavy (non-hydrogen) atoms. The van der Waals surface area contributed by atoms with Gasteiger partial charge in [-0.05, 0) is 75.6 Å². The highest BCUT2D eigenvalue weighted by Gasteiger charge is 2.12. The molecule has 0 saturated carbocycles. The molecule has 1 aromatic heterocycles. The van der Waals surface area contributed by atoms with Crippen molar-refractivity contribution >= 4 is 27.7 Å². The molecule has 0 aliphatic heterocycles. The molecule has 0 atom stereocenters. The molecule has 3 rings (SSSR count). The van der Waals surface area contributed by atoms with Crippen LogP contribution in [0.15, 0.2) is 52.1 Å². The van der Waals surface area contributed by atoms with Gasteiger partial charge in [0.1, 0.15) is 0 Å². The number of rotatable bonds is 12. The lowest BCUT2D eigenvalue weighted by Crippen LogP contribution is -2.15. The molecule has 1 N–H and O–H groups in total. The quantitative estimate of drug-likeness (QED) is 0.295. The minimum absolute atomic E-state index is 0.664. The summed E-state index contributed by atoms with van der Waals surface area (Å²) in [4.78, 5) is 0. The summed E-state index contributed by atoms with van der Waals surface area (Å²) in [5.74, 6) is 2.44. The van der Waals surface area contributed by atoms with E-state index in [1.807, 2.05) is 36.4 Å². The van der Waals surface area contributed by atoms with Crippen LogP contribution in [-0.4, -0.2) is 46.2 Å². The predicted molar refractivity (Wildman–Crippen MR) is 123 cm³/mol. The molecule has 0 saturated heterocycles. The zero-order valence-corrected chi connectivity index (χ0v) is 19.6. The van der Waals surface area contributed by atoms with Gasteiger partial charge in [0.15, 0.2) is 11.5 Å². The van der Waals surface area contributed by atoms with E-state index in [9.17, 15) is 0 Å². The van der Waals surface area contributed by atoms with Crippen LogP contribution in [0.4, 0.5) is 0 Å². The van der Waals surface area contributed by atoms with E-state index in [1.54, 1.807) is 23.6 Å². The van der Waals surface area contributed by atoms with E-state index >= 15 is 0 Å². The second-order valence-corrected chi connectivity index (χ2v) is 8.46. The summed E-state index contributed by atoms with van der Waals surface area (Å²) in [5.41, 5.74) is 2.11. The lowest BCUT2D eigenvalue weighted by Gasteiger charge is -2.14. The van der Waals surface area contributed by atoms with Gasteiger partial charge in [-0.2, -0.15) is 4.68 Å². The van der Waals surface area contributed by atoms with E-state index in [-0.39, 0.29) is 0 Å². The molecule has 0 aliphatic carbocycles. The molecule has 0 fully saturated rings. The Morgan fingerprint density at radius 2 is 2.03 bits per heavy atom. The first-order valence-electron chi connectivity index (χ1n) is 9.89. The molecule has 0 unspecified atom stereocenters. The van der Waals surface area contributed by atoms with Crippen molar-refractivity contribution < 1.29 is 9.47 Å². The van der Waals surface area contributed by atoms with Crippen molar-refractivity contribution in [2.75, 3.05) is 26.0 Å². The number of para-hydroxylation sites is 1. The molecule has 160 valence electrons. The minimum atomic E-state index is 0.664. The first-order chi connectivity index (χ1) is 14.7. The third kappa shape index (κ3) is 6.20. The van der Waals surface area contributed by atoms with Crippen molar-refractivity contribution in [2.45, 2.75) is 31.5 Å². The number of nitrogens with one attached hydrogen (secondary N) is 1. The van der Waals surface area contributed by atoms with Crippen molar-refractivity contribution in [3.63, 3.8) is 0 Å². The number of methoxy groups -OCH3 is 1. The van der Waals surface area contributed by atoms with E-state index in [0.29, 0.717) is 6.61 Å². The molecule has 0 aliphatic rings. The molecule has 0 amide bonds. The Balaban J connectivity index is 1.44. The van der Waals surface area contributed by atoms with Crippen LogP contribution in [-0.2, 0) is 6.54 Å². The van der Waals surface area contributed by atoms with E-state index in [2.05, 4.69) is 49.8 Å². The Hall–Kier alpha value is -2.10. The standard InChI is InChI=1S/C21H26BrN5O2S/c1-3-11-29-20-18(22)13-16(14-19(20)28-2)15-23-10-7-12-30-21-24-25-26-27(21)17-8-5-4-6-9-17/h4-6,8-9,13-14,23H,3,7,10-12,15H2,1-2H3. The third-order valence-corrected chi connectivity index (χ3v) is 5.83. The van der Waals surface area contributed by atoms with Crippen molar-refractivity contribution in [3.05, 3.63) is 52.5 Å². The van der Waals surface area contributed by atoms with E-state index < -0.39 is 0 Å². The Morgan fingerprint density at radius 1 is 1.20 bits per heavy atom. The molecule has 2 aromatic carbocycles. The number of aromatic nitrogens is 4. The number of hydrogen-bond donors (Lipinski definition) is 1. The topological polar surface area (TPSA) is 74.1 Å². The van der Waals surface area contributed by atoms with Gasteiger partial charge in [-0.25, -0.2) is 0 Å². The summed E-state index contributed by atoms with van der Waals surface area (Å²) in [6.45, 7) is 4.40. The summed E-state index contributed by atoms with van der Waals surface area (Å²) in [6.07, 6.45) is 1.96. The maximum absolute atomic E-state index is 5.78. The van der Waals surface area contributed by atoms with Crippen molar-refractivity contribution in [1.82, 2.24) is 25.5 Å². The fraction of sp³-hybridized carbons (Fsp3) is 0.381. The molecule has 9 heteroatoms. The summed E-state index contributed by atoms with van der Waals surface area (Å²) >= 11 is 5.25. The van der Waals surface area contributed by atoms with Crippen LogP contribution in [0.3, 0.4) is 0 Å². The molecular weight excluding hydrogens is 466 g/mol. The molecule has 0 spiro atoms. The molecular formula is C21H26BrN5O2S. The third-order valence-electron chi connectivity index (χ3n) is 4.24. The number of nitrogens with zero attached hydrogens (tertiary/aromatic N) is 4. The van der Waals surface area contributed by atoms with E-state index in [0.717, 1.165) is 64.1 Å². The molecule has 1 heterocycles. The van der Waals surface area contributed by atoms with Gasteiger partial charge in [0.2, 0.25) is 5.16 Å². The van der Waals surface area contributed by atoms with Crippen LogP contribution in [0, 0.1) is 0 Å². The lowest BCUT2D eigenvalue weighted by molar-refractivity contribution is 0.292. The fourth-order valence-corrected chi connectivity index (χ4v) is 4.25. The number of benzene rings is 2. The Bertz CT molecular complexity index is 923. The number of ether oxygens (including phenoxy) is 2. The number of tetrazole rings is 1. The lowest BCUT2D eigenvalue weighted by atomic mass is 10.2. The van der Waals surface area contributed by atoms with E-state index in [1.165, 1.54) is 0 Å². The average molecular weight is 492 g/mol. The highest BCUT2D eigenvalue weighted by molar-refractivity contribution is 9.10. The van der Waals surface area contributed by atoms with Crippen molar-refractivity contribution in [1.29, 1.82) is 0 Å². The van der Waals surface area contributed by atoms with Gasteiger partial charge in [0.05, 0.1) is 23.9 Å². The molecule has 7 nitrogen and oxygen atoms in total. The molecule has 0 bridgehead atoms. The number of thioether (sulfide) groups is 1. The second kappa shape index (κ2) is 11.9. The maximum Gasteiger partial charge on any atom is 0.214 e. The first-order valence-corrected chi connectivity index (χ1v) is 11.7. The minimum Gasteiger partial charge on any atom is -0.493 e. The average Bonchev–Trinajstić information content (AvgIpc) is 3.24. The van der Waals surface area contributed by atoms with Gasteiger partial charge in [0, 0.05) is 12.3 Å². The van der Waals surface area contributed by atoms with Crippen molar-refractivity contribution in [3.8, 4) is 17.2 Å². The second-order valence-electron chi connectivity index (χ2n) is 6.55. The maximum atomic E-state index is 5.78. The van der Waals surface area contributed by atoms with Gasteiger partial charge < -0.3 is 14.8 Å². The Kier molecular flexibility index (Phi) is 8.98. The van der Waals surface area contributed by atoms with Crippen LogP contribution in [0.25, 0.3) is 5.69 Å². The summed E-state index contributed by atoms with van der Waals surface area (Å²) in [6, 6.07) is 14.0. The normalized spacial score (nSPS) is 10.9. The van der Waals surface area contributed by atoms with Gasteiger partial charge in [-0.1, -0.05) is 36.9 Å².